The van der Waals surface area contributed by atoms with Crippen molar-refractivity contribution < 1.29 is 18.0 Å². The first-order valence-electron chi connectivity index (χ1n) is 8.87. The van der Waals surface area contributed by atoms with Gasteiger partial charge in [0, 0.05) is 25.7 Å². The van der Waals surface area contributed by atoms with Crippen LogP contribution < -0.4 is 10.1 Å². The van der Waals surface area contributed by atoms with Crippen molar-refractivity contribution in [3.8, 4) is 0 Å². The van der Waals surface area contributed by atoms with Gasteiger partial charge in [0.25, 0.3) is 5.91 Å². The van der Waals surface area contributed by atoms with Gasteiger partial charge in [-0.2, -0.15) is 9.30 Å². The quantitative estimate of drug-likeness (QED) is 0.672. The highest BCUT2D eigenvalue weighted by atomic mass is 32.2. The SMILES string of the molecule is Cn1c(=NC(=O)c2ccc(S(=O)(=O)N3CCNC(=O)C3)cc2)sc2ccccc21. The third-order valence-electron chi connectivity index (χ3n) is 4.65. The Kier molecular flexibility index (Phi) is 5.07. The Morgan fingerprint density at radius 2 is 1.86 bits per heavy atom. The van der Waals surface area contributed by atoms with Gasteiger partial charge in [0.1, 0.15) is 0 Å². The maximum atomic E-state index is 12.7. The summed E-state index contributed by atoms with van der Waals surface area (Å²) in [5, 5.41) is 2.59. The van der Waals surface area contributed by atoms with Gasteiger partial charge >= 0.3 is 0 Å². The molecule has 0 atom stereocenters. The van der Waals surface area contributed by atoms with Crippen LogP contribution in [0.4, 0.5) is 0 Å². The predicted molar refractivity (Wildman–Crippen MR) is 109 cm³/mol. The van der Waals surface area contributed by atoms with Gasteiger partial charge in [0.15, 0.2) is 4.80 Å². The number of piperazine rings is 1. The largest absolute Gasteiger partial charge is 0.354 e. The Hall–Kier alpha value is -2.82. The van der Waals surface area contributed by atoms with E-state index in [2.05, 4.69) is 10.3 Å². The molecule has 2 aromatic carbocycles. The van der Waals surface area contributed by atoms with E-state index in [1.165, 1.54) is 35.6 Å². The molecular formula is C19H18N4O4S2. The van der Waals surface area contributed by atoms with Crippen molar-refractivity contribution in [1.82, 2.24) is 14.2 Å². The molecular weight excluding hydrogens is 412 g/mol. The molecule has 2 amide bonds. The number of amides is 2. The molecule has 4 rings (SSSR count). The number of aryl methyl sites for hydroxylation is 1. The van der Waals surface area contributed by atoms with Crippen LogP contribution in [0.1, 0.15) is 10.4 Å². The molecule has 3 aromatic rings. The molecule has 1 aromatic heterocycles. The van der Waals surface area contributed by atoms with Crippen molar-refractivity contribution in [3.63, 3.8) is 0 Å². The van der Waals surface area contributed by atoms with Crippen molar-refractivity contribution >= 4 is 43.4 Å². The summed E-state index contributed by atoms with van der Waals surface area (Å²) >= 11 is 1.41. The maximum absolute atomic E-state index is 12.7. The van der Waals surface area contributed by atoms with Crippen LogP contribution in [0.5, 0.6) is 0 Å². The first kappa shape index (κ1) is 19.5. The van der Waals surface area contributed by atoms with E-state index in [9.17, 15) is 18.0 Å². The van der Waals surface area contributed by atoms with Crippen LogP contribution >= 0.6 is 11.3 Å². The molecule has 0 bridgehead atoms. The van der Waals surface area contributed by atoms with E-state index in [1.807, 2.05) is 35.9 Å². The Morgan fingerprint density at radius 3 is 2.55 bits per heavy atom. The number of benzene rings is 2. The average Bonchev–Trinajstić information content (AvgIpc) is 3.04. The van der Waals surface area contributed by atoms with Gasteiger partial charge < -0.3 is 9.88 Å². The van der Waals surface area contributed by atoms with Gasteiger partial charge in [-0.15, -0.1) is 0 Å². The molecule has 1 saturated heterocycles. The Balaban J connectivity index is 1.61. The van der Waals surface area contributed by atoms with Crippen LogP contribution in [0.2, 0.25) is 0 Å². The zero-order valence-electron chi connectivity index (χ0n) is 15.5. The first-order chi connectivity index (χ1) is 13.9. The van der Waals surface area contributed by atoms with Gasteiger partial charge in [-0.05, 0) is 36.4 Å². The minimum atomic E-state index is -3.79. The summed E-state index contributed by atoms with van der Waals surface area (Å²) in [4.78, 5) is 28.8. The van der Waals surface area contributed by atoms with Crippen molar-refractivity contribution in [3.05, 3.63) is 58.9 Å². The number of thiazole rings is 1. The number of nitrogens with zero attached hydrogens (tertiary/aromatic N) is 3. The third kappa shape index (κ3) is 3.74. The number of sulfonamides is 1. The zero-order chi connectivity index (χ0) is 20.6. The molecule has 0 spiro atoms. The molecule has 1 aliphatic heterocycles. The molecule has 29 heavy (non-hydrogen) atoms. The normalized spacial score (nSPS) is 16.2. The van der Waals surface area contributed by atoms with Crippen molar-refractivity contribution in [2.45, 2.75) is 4.90 Å². The lowest BCUT2D eigenvalue weighted by Crippen LogP contribution is -2.49. The minimum absolute atomic E-state index is 0.0381. The van der Waals surface area contributed by atoms with E-state index >= 15 is 0 Å². The molecule has 8 nitrogen and oxygen atoms in total. The van der Waals surface area contributed by atoms with Crippen molar-refractivity contribution in [1.29, 1.82) is 0 Å². The molecule has 10 heteroatoms. The van der Waals surface area contributed by atoms with Gasteiger partial charge in [0.2, 0.25) is 15.9 Å². The zero-order valence-corrected chi connectivity index (χ0v) is 17.2. The summed E-state index contributed by atoms with van der Waals surface area (Å²) in [6, 6.07) is 13.4. The van der Waals surface area contributed by atoms with Gasteiger partial charge in [-0.3, -0.25) is 9.59 Å². The Morgan fingerprint density at radius 1 is 1.14 bits per heavy atom. The molecule has 0 radical (unpaired) electrons. The molecule has 150 valence electrons. The van der Waals surface area contributed by atoms with Crippen LogP contribution in [-0.2, 0) is 21.9 Å². The van der Waals surface area contributed by atoms with E-state index in [0.29, 0.717) is 4.80 Å². The number of hydrogen-bond donors (Lipinski definition) is 1. The fourth-order valence-corrected chi connectivity index (χ4v) is 5.49. The molecule has 0 saturated carbocycles. The highest BCUT2D eigenvalue weighted by Gasteiger charge is 2.29. The minimum Gasteiger partial charge on any atom is -0.354 e. The number of nitrogens with one attached hydrogen (secondary N) is 1. The second-order valence-electron chi connectivity index (χ2n) is 6.54. The summed E-state index contributed by atoms with van der Waals surface area (Å²) in [6.07, 6.45) is 0. The Labute approximate surface area is 171 Å². The van der Waals surface area contributed by atoms with Crippen LogP contribution in [0.15, 0.2) is 58.4 Å². The van der Waals surface area contributed by atoms with Gasteiger partial charge in [0.05, 0.1) is 21.7 Å². The maximum Gasteiger partial charge on any atom is 0.279 e. The summed E-state index contributed by atoms with van der Waals surface area (Å²) in [7, 11) is -1.95. The first-order valence-corrected chi connectivity index (χ1v) is 11.1. The van der Waals surface area contributed by atoms with Crippen LogP contribution in [0.25, 0.3) is 10.2 Å². The lowest BCUT2D eigenvalue weighted by molar-refractivity contribution is -0.122. The van der Waals surface area contributed by atoms with Gasteiger partial charge in [-0.25, -0.2) is 8.42 Å². The lowest BCUT2D eigenvalue weighted by Gasteiger charge is -2.25. The standard InChI is InChI=1S/C19H18N4O4S2/c1-22-15-4-2-3-5-16(15)28-19(22)21-18(25)13-6-8-14(9-7-13)29(26,27)23-11-10-20-17(24)12-23/h2-9H,10-12H2,1H3,(H,20,24). The van der Waals surface area contributed by atoms with Gasteiger partial charge in [-0.1, -0.05) is 23.5 Å². The average molecular weight is 431 g/mol. The highest BCUT2D eigenvalue weighted by molar-refractivity contribution is 7.89. The number of rotatable bonds is 3. The fourth-order valence-electron chi connectivity index (χ4n) is 3.08. The van der Waals surface area contributed by atoms with E-state index in [4.69, 9.17) is 0 Å². The fraction of sp³-hybridized carbons (Fsp3) is 0.211. The van der Waals surface area contributed by atoms with Crippen LogP contribution in [-0.4, -0.2) is 48.7 Å². The highest BCUT2D eigenvalue weighted by Crippen LogP contribution is 2.18. The molecule has 2 heterocycles. The third-order valence-corrected chi connectivity index (χ3v) is 7.63. The molecule has 1 fully saturated rings. The number of fused-ring (bicyclic) bond motifs is 1. The monoisotopic (exact) mass is 430 g/mol. The number of hydrogen-bond acceptors (Lipinski definition) is 5. The summed E-state index contributed by atoms with van der Waals surface area (Å²) < 4.78 is 29.4. The number of carbonyl (C=O) groups excluding carboxylic acids is 2. The topological polar surface area (TPSA) is 101 Å². The van der Waals surface area contributed by atoms with E-state index in [1.54, 1.807) is 0 Å². The second-order valence-corrected chi connectivity index (χ2v) is 9.49. The van der Waals surface area contributed by atoms with E-state index in [-0.39, 0.29) is 36.0 Å². The predicted octanol–water partition coefficient (Wildman–Crippen LogP) is 1.10. The second kappa shape index (κ2) is 7.54. The number of aromatic nitrogens is 1. The smallest absolute Gasteiger partial charge is 0.279 e. The van der Waals surface area contributed by atoms with Crippen LogP contribution in [0, 0.1) is 0 Å². The van der Waals surface area contributed by atoms with Crippen LogP contribution in [0.3, 0.4) is 0 Å². The summed E-state index contributed by atoms with van der Waals surface area (Å²) in [5.74, 6) is -0.782. The number of para-hydroxylation sites is 1. The molecule has 0 unspecified atom stereocenters. The number of carbonyl (C=O) groups is 2. The lowest BCUT2D eigenvalue weighted by atomic mass is 10.2. The molecule has 0 aliphatic carbocycles. The summed E-state index contributed by atoms with van der Waals surface area (Å²) in [6.45, 7) is 0.285. The Bertz CT molecular complexity index is 1270. The van der Waals surface area contributed by atoms with E-state index in [0.717, 1.165) is 14.5 Å². The molecule has 1 N–H and O–H groups in total. The van der Waals surface area contributed by atoms with E-state index < -0.39 is 15.9 Å². The molecule has 1 aliphatic rings. The van der Waals surface area contributed by atoms with Crippen molar-refractivity contribution in [2.24, 2.45) is 12.0 Å². The summed E-state index contributed by atoms with van der Waals surface area (Å²) in [5.41, 5.74) is 1.27. The van der Waals surface area contributed by atoms with Crippen molar-refractivity contribution in [2.75, 3.05) is 19.6 Å².